The van der Waals surface area contributed by atoms with Crippen LogP contribution in [0.4, 0.5) is 0 Å². The topological polar surface area (TPSA) is 78.9 Å². The van der Waals surface area contributed by atoms with Gasteiger partial charge in [-0.2, -0.15) is 0 Å². The number of hydrogen-bond donors (Lipinski definition) is 2. The lowest BCUT2D eigenvalue weighted by molar-refractivity contribution is -0.130. The monoisotopic (exact) mass is 466 g/mol. The lowest BCUT2D eigenvalue weighted by atomic mass is 9.86. The number of carbonyl (C=O) groups is 2. The first kappa shape index (κ1) is 25.8. The summed E-state index contributed by atoms with van der Waals surface area (Å²) in [4.78, 5) is 26.3. The Bertz CT molecular complexity index is 976. The van der Waals surface area contributed by atoms with Crippen molar-refractivity contribution in [1.29, 1.82) is 0 Å². The summed E-state index contributed by atoms with van der Waals surface area (Å²) < 4.78 is 5.96. The number of benzene rings is 2. The normalized spacial score (nSPS) is 15.2. The van der Waals surface area contributed by atoms with Crippen molar-refractivity contribution in [1.82, 2.24) is 10.2 Å². The second-order valence-corrected chi connectivity index (χ2v) is 10.1. The molecule has 1 heterocycles. The maximum Gasteiger partial charge on any atom is 0.335 e. The minimum atomic E-state index is -0.903. The highest BCUT2D eigenvalue weighted by atomic mass is 16.5. The number of aryl methyl sites for hydroxylation is 2. The van der Waals surface area contributed by atoms with E-state index in [-0.39, 0.29) is 11.9 Å². The van der Waals surface area contributed by atoms with Crippen molar-refractivity contribution in [2.24, 2.45) is 5.41 Å². The summed E-state index contributed by atoms with van der Waals surface area (Å²) in [7, 11) is 0. The molecular weight excluding hydrogens is 428 g/mol. The molecule has 6 nitrogen and oxygen atoms in total. The van der Waals surface area contributed by atoms with E-state index in [1.165, 1.54) is 5.56 Å². The molecule has 3 rings (SSSR count). The predicted molar refractivity (Wildman–Crippen MR) is 134 cm³/mol. The van der Waals surface area contributed by atoms with Crippen LogP contribution in [0.1, 0.15) is 66.6 Å². The van der Waals surface area contributed by atoms with E-state index in [9.17, 15) is 9.59 Å². The van der Waals surface area contributed by atoms with Crippen LogP contribution in [0.15, 0.2) is 42.5 Å². The number of aromatic carboxylic acids is 1. The fourth-order valence-electron chi connectivity index (χ4n) is 4.30. The molecule has 1 aliphatic heterocycles. The Hall–Kier alpha value is -2.86. The molecule has 2 N–H and O–H groups in total. The lowest BCUT2D eigenvalue weighted by Gasteiger charge is -2.34. The van der Waals surface area contributed by atoms with Gasteiger partial charge in [-0.3, -0.25) is 9.69 Å². The molecule has 0 aliphatic carbocycles. The summed E-state index contributed by atoms with van der Waals surface area (Å²) in [6.45, 7) is 11.4. The van der Waals surface area contributed by atoms with Gasteiger partial charge in [0.2, 0.25) is 5.91 Å². The van der Waals surface area contributed by atoms with Crippen LogP contribution in [0.5, 0.6) is 5.75 Å². The van der Waals surface area contributed by atoms with Gasteiger partial charge >= 0.3 is 5.97 Å². The zero-order valence-corrected chi connectivity index (χ0v) is 20.9. The van der Waals surface area contributed by atoms with Gasteiger partial charge in [0.05, 0.1) is 12.2 Å². The molecule has 0 bridgehead atoms. The van der Waals surface area contributed by atoms with Gasteiger partial charge in [0.15, 0.2) is 0 Å². The number of nitrogens with one attached hydrogen (secondary N) is 1. The van der Waals surface area contributed by atoms with Crippen LogP contribution in [0, 0.1) is 19.3 Å². The van der Waals surface area contributed by atoms with Gasteiger partial charge in [-0.25, -0.2) is 4.79 Å². The fourth-order valence-corrected chi connectivity index (χ4v) is 4.30. The van der Waals surface area contributed by atoms with Crippen molar-refractivity contribution in [3.8, 4) is 5.75 Å². The fraction of sp³-hybridized carbons (Fsp3) is 0.500. The molecule has 184 valence electrons. The molecule has 0 saturated carbocycles. The minimum absolute atomic E-state index is 0.113. The molecule has 1 fully saturated rings. The smallest absolute Gasteiger partial charge is 0.335 e. The maximum atomic E-state index is 12.9. The number of piperidine rings is 1. The van der Waals surface area contributed by atoms with Crippen LogP contribution in [-0.4, -0.2) is 47.6 Å². The highest BCUT2D eigenvalue weighted by molar-refractivity contribution is 5.87. The first-order valence-corrected chi connectivity index (χ1v) is 12.2. The molecule has 1 amide bonds. The van der Waals surface area contributed by atoms with Crippen LogP contribution in [-0.2, 0) is 11.3 Å². The Balaban J connectivity index is 1.38. The second kappa shape index (κ2) is 11.5. The van der Waals surface area contributed by atoms with Gasteiger partial charge in [-0.15, -0.1) is 0 Å². The zero-order chi connectivity index (χ0) is 24.7. The Labute approximate surface area is 203 Å². The van der Waals surface area contributed by atoms with Crippen molar-refractivity contribution in [2.45, 2.75) is 66.0 Å². The van der Waals surface area contributed by atoms with Crippen molar-refractivity contribution in [2.75, 3.05) is 19.7 Å². The number of hydrogen-bond acceptors (Lipinski definition) is 4. The van der Waals surface area contributed by atoms with E-state index in [1.54, 1.807) is 12.1 Å². The number of carboxylic acid groups (broad SMARTS) is 1. The molecule has 2 aromatic carbocycles. The summed E-state index contributed by atoms with van der Waals surface area (Å²) in [6.07, 6.45) is 3.44. The van der Waals surface area contributed by atoms with Crippen molar-refractivity contribution < 1.29 is 19.4 Å². The molecule has 2 aromatic rings. The third kappa shape index (κ3) is 7.32. The third-order valence-corrected chi connectivity index (χ3v) is 6.69. The standard InChI is InChI=1S/C28H38N2O4/c1-20-6-7-21(2)25(18-20)34-17-5-14-28(3,4)27(33)29-24-12-15-30(16-13-24)19-22-8-10-23(11-9-22)26(31)32/h6-11,18,24H,5,12-17,19H2,1-4H3,(H,29,33)(H,31,32). The summed E-state index contributed by atoms with van der Waals surface area (Å²) in [5, 5.41) is 12.3. The number of ether oxygens (including phenoxy) is 1. The van der Waals surface area contributed by atoms with Gasteiger partial charge in [0.25, 0.3) is 0 Å². The van der Waals surface area contributed by atoms with Gasteiger partial charge in [0, 0.05) is 31.1 Å². The van der Waals surface area contributed by atoms with E-state index in [0.29, 0.717) is 12.2 Å². The van der Waals surface area contributed by atoms with Crippen LogP contribution in [0.2, 0.25) is 0 Å². The Morgan fingerprint density at radius 1 is 1.09 bits per heavy atom. The molecule has 0 spiro atoms. The van der Waals surface area contributed by atoms with Crippen molar-refractivity contribution in [3.63, 3.8) is 0 Å². The van der Waals surface area contributed by atoms with E-state index < -0.39 is 11.4 Å². The summed E-state index contributed by atoms with van der Waals surface area (Å²) in [5.41, 5.74) is 3.29. The molecular formula is C28H38N2O4. The lowest BCUT2D eigenvalue weighted by Crippen LogP contribution is -2.48. The van der Waals surface area contributed by atoms with E-state index in [2.05, 4.69) is 35.3 Å². The first-order valence-electron chi connectivity index (χ1n) is 12.2. The summed E-state index contributed by atoms with van der Waals surface area (Å²) >= 11 is 0. The average Bonchev–Trinajstić information content (AvgIpc) is 2.80. The third-order valence-electron chi connectivity index (χ3n) is 6.69. The van der Waals surface area contributed by atoms with Gasteiger partial charge in [-0.1, -0.05) is 38.1 Å². The van der Waals surface area contributed by atoms with E-state index >= 15 is 0 Å². The summed E-state index contributed by atoms with van der Waals surface area (Å²) in [6, 6.07) is 13.5. The largest absolute Gasteiger partial charge is 0.493 e. The minimum Gasteiger partial charge on any atom is -0.493 e. The number of amides is 1. The Morgan fingerprint density at radius 2 is 1.76 bits per heavy atom. The molecule has 0 aromatic heterocycles. The summed E-state index contributed by atoms with van der Waals surface area (Å²) in [5.74, 6) is 0.133. The first-order chi connectivity index (χ1) is 16.1. The number of carboxylic acids is 1. The number of nitrogens with zero attached hydrogens (tertiary/aromatic N) is 1. The number of carbonyl (C=O) groups excluding carboxylic acids is 1. The second-order valence-electron chi connectivity index (χ2n) is 10.1. The number of likely N-dealkylation sites (tertiary alicyclic amines) is 1. The van der Waals surface area contributed by atoms with E-state index in [1.807, 2.05) is 32.9 Å². The molecule has 0 atom stereocenters. The Kier molecular flexibility index (Phi) is 8.72. The molecule has 6 heteroatoms. The molecule has 1 aliphatic rings. The molecule has 0 radical (unpaired) electrons. The number of rotatable bonds is 10. The van der Waals surface area contributed by atoms with Crippen LogP contribution < -0.4 is 10.1 Å². The SMILES string of the molecule is Cc1ccc(C)c(OCCCC(C)(C)C(=O)NC2CCN(Cc3ccc(C(=O)O)cc3)CC2)c1. The molecule has 1 saturated heterocycles. The maximum absolute atomic E-state index is 12.9. The Morgan fingerprint density at radius 3 is 2.41 bits per heavy atom. The highest BCUT2D eigenvalue weighted by Crippen LogP contribution is 2.25. The quantitative estimate of drug-likeness (QED) is 0.484. The highest BCUT2D eigenvalue weighted by Gasteiger charge is 2.30. The van der Waals surface area contributed by atoms with Crippen molar-refractivity contribution in [3.05, 3.63) is 64.7 Å². The molecule has 0 unspecified atom stereocenters. The van der Waals surface area contributed by atoms with Crippen LogP contribution in [0.25, 0.3) is 0 Å². The van der Waals surface area contributed by atoms with E-state index in [4.69, 9.17) is 9.84 Å². The molecule has 34 heavy (non-hydrogen) atoms. The average molecular weight is 467 g/mol. The van der Waals surface area contributed by atoms with Gasteiger partial charge in [-0.05, 0) is 74.4 Å². The van der Waals surface area contributed by atoms with Crippen molar-refractivity contribution >= 4 is 11.9 Å². The van der Waals surface area contributed by atoms with Crippen LogP contribution in [0.3, 0.4) is 0 Å². The van der Waals surface area contributed by atoms with E-state index in [0.717, 1.165) is 62.2 Å². The van der Waals surface area contributed by atoms with Gasteiger partial charge < -0.3 is 15.2 Å². The van der Waals surface area contributed by atoms with Crippen LogP contribution >= 0.6 is 0 Å². The van der Waals surface area contributed by atoms with Gasteiger partial charge in [0.1, 0.15) is 5.75 Å². The predicted octanol–water partition coefficient (Wildman–Crippen LogP) is 4.97. The zero-order valence-electron chi connectivity index (χ0n) is 20.9.